The molecule has 0 aromatic heterocycles. The summed E-state index contributed by atoms with van der Waals surface area (Å²) in [5.41, 5.74) is 3.47. The molecule has 1 aromatic rings. The summed E-state index contributed by atoms with van der Waals surface area (Å²) in [7, 11) is 1.48. The van der Waals surface area contributed by atoms with Gasteiger partial charge in [0.25, 0.3) is 0 Å². The highest BCUT2D eigenvalue weighted by Crippen LogP contribution is 2.22. The van der Waals surface area contributed by atoms with E-state index in [0.29, 0.717) is 17.7 Å². The molecule has 0 aliphatic rings. The fraction of sp³-hybridized carbons (Fsp3) is 0.647. The van der Waals surface area contributed by atoms with Gasteiger partial charge in [-0.1, -0.05) is 57.6 Å². The van der Waals surface area contributed by atoms with Crippen molar-refractivity contribution >= 4 is 0 Å². The minimum Gasteiger partial charge on any atom is -0.494 e. The van der Waals surface area contributed by atoms with Crippen molar-refractivity contribution in [2.24, 2.45) is 5.84 Å². The van der Waals surface area contributed by atoms with Gasteiger partial charge in [-0.2, -0.15) is 0 Å². The Morgan fingerprint density at radius 2 is 1.90 bits per heavy atom. The second kappa shape index (κ2) is 10.6. The molecule has 0 aliphatic heterocycles. The van der Waals surface area contributed by atoms with Crippen molar-refractivity contribution in [3.8, 4) is 5.75 Å². The number of hydrazine groups is 1. The Labute approximate surface area is 128 Å². The van der Waals surface area contributed by atoms with E-state index >= 15 is 0 Å². The lowest BCUT2D eigenvalue weighted by molar-refractivity contribution is 0.381. The number of rotatable bonds is 11. The molecular formula is C17H29FN2O. The van der Waals surface area contributed by atoms with Crippen LogP contribution in [0.5, 0.6) is 5.75 Å². The van der Waals surface area contributed by atoms with Crippen LogP contribution in [0, 0.1) is 5.82 Å². The van der Waals surface area contributed by atoms with E-state index in [1.165, 1.54) is 39.2 Å². The summed E-state index contributed by atoms with van der Waals surface area (Å²) in [5, 5.41) is 0. The monoisotopic (exact) mass is 296 g/mol. The van der Waals surface area contributed by atoms with Gasteiger partial charge in [-0.3, -0.25) is 11.3 Å². The minimum absolute atomic E-state index is 0.109. The third-order valence-corrected chi connectivity index (χ3v) is 3.87. The van der Waals surface area contributed by atoms with Crippen LogP contribution in [0.15, 0.2) is 18.2 Å². The Balaban J connectivity index is 2.40. The molecule has 0 fully saturated rings. The first-order chi connectivity index (χ1) is 10.2. The van der Waals surface area contributed by atoms with E-state index in [1.54, 1.807) is 12.1 Å². The molecular weight excluding hydrogens is 267 g/mol. The Morgan fingerprint density at radius 1 is 1.19 bits per heavy atom. The zero-order chi connectivity index (χ0) is 15.5. The number of methoxy groups -OCH3 is 1. The summed E-state index contributed by atoms with van der Waals surface area (Å²) < 4.78 is 19.1. The van der Waals surface area contributed by atoms with Gasteiger partial charge >= 0.3 is 0 Å². The SMILES string of the molecule is CCCCCCCCC(Cc1cccc(OC)c1F)NN. The van der Waals surface area contributed by atoms with E-state index in [2.05, 4.69) is 12.3 Å². The molecule has 0 spiro atoms. The molecule has 0 bridgehead atoms. The highest BCUT2D eigenvalue weighted by atomic mass is 19.1. The maximum atomic E-state index is 14.1. The summed E-state index contributed by atoms with van der Waals surface area (Å²) >= 11 is 0. The third-order valence-electron chi connectivity index (χ3n) is 3.87. The van der Waals surface area contributed by atoms with Gasteiger partial charge in [0.2, 0.25) is 0 Å². The van der Waals surface area contributed by atoms with E-state index in [0.717, 1.165) is 12.8 Å². The van der Waals surface area contributed by atoms with Crippen LogP contribution in [0.25, 0.3) is 0 Å². The topological polar surface area (TPSA) is 47.3 Å². The quantitative estimate of drug-likeness (QED) is 0.369. The van der Waals surface area contributed by atoms with Gasteiger partial charge in [-0.15, -0.1) is 0 Å². The molecule has 120 valence electrons. The van der Waals surface area contributed by atoms with Gasteiger partial charge in [0.15, 0.2) is 11.6 Å². The predicted octanol–water partition coefficient (Wildman–Crippen LogP) is 3.96. The Morgan fingerprint density at radius 3 is 2.57 bits per heavy atom. The number of hydrogen-bond acceptors (Lipinski definition) is 3. The van der Waals surface area contributed by atoms with Crippen molar-refractivity contribution in [3.63, 3.8) is 0 Å². The third kappa shape index (κ3) is 6.44. The molecule has 3 N–H and O–H groups in total. The van der Waals surface area contributed by atoms with Crippen LogP contribution in [0.2, 0.25) is 0 Å². The maximum absolute atomic E-state index is 14.1. The highest BCUT2D eigenvalue weighted by molar-refractivity contribution is 5.31. The van der Waals surface area contributed by atoms with Gasteiger partial charge in [0.05, 0.1) is 7.11 Å². The van der Waals surface area contributed by atoms with E-state index in [4.69, 9.17) is 10.6 Å². The minimum atomic E-state index is -0.275. The van der Waals surface area contributed by atoms with Gasteiger partial charge in [-0.25, -0.2) is 4.39 Å². The first kappa shape index (κ1) is 17.9. The molecule has 0 heterocycles. The second-order valence-corrected chi connectivity index (χ2v) is 5.56. The van der Waals surface area contributed by atoms with Crippen molar-refractivity contribution in [1.29, 1.82) is 0 Å². The summed E-state index contributed by atoms with van der Waals surface area (Å²) in [4.78, 5) is 0. The first-order valence-electron chi connectivity index (χ1n) is 8.00. The maximum Gasteiger partial charge on any atom is 0.168 e. The molecule has 4 heteroatoms. The van der Waals surface area contributed by atoms with Crippen molar-refractivity contribution in [3.05, 3.63) is 29.6 Å². The van der Waals surface area contributed by atoms with Crippen LogP contribution in [-0.4, -0.2) is 13.2 Å². The lowest BCUT2D eigenvalue weighted by Crippen LogP contribution is -2.37. The van der Waals surface area contributed by atoms with Gasteiger partial charge in [-0.05, 0) is 24.5 Å². The summed E-state index contributed by atoms with van der Waals surface area (Å²) in [6, 6.07) is 5.36. The van der Waals surface area contributed by atoms with Crippen LogP contribution in [-0.2, 0) is 6.42 Å². The number of nitrogens with two attached hydrogens (primary N) is 1. The van der Waals surface area contributed by atoms with Crippen molar-refractivity contribution in [1.82, 2.24) is 5.43 Å². The van der Waals surface area contributed by atoms with Gasteiger partial charge < -0.3 is 4.74 Å². The summed E-state index contributed by atoms with van der Waals surface area (Å²) in [6.07, 6.45) is 9.08. The number of unbranched alkanes of at least 4 members (excludes halogenated alkanes) is 5. The van der Waals surface area contributed by atoms with E-state index in [-0.39, 0.29) is 11.9 Å². The van der Waals surface area contributed by atoms with E-state index in [1.807, 2.05) is 6.07 Å². The number of halogens is 1. The molecule has 0 amide bonds. The summed E-state index contributed by atoms with van der Waals surface area (Å²) in [5.74, 6) is 5.62. The Hall–Kier alpha value is -1.13. The molecule has 1 unspecified atom stereocenters. The standard InChI is InChI=1S/C17H29FN2O/c1-3-4-5-6-7-8-11-15(20-19)13-14-10-9-12-16(21-2)17(14)18/h9-10,12,15,20H,3-8,11,13,19H2,1-2H3. The Kier molecular flexibility index (Phi) is 9.02. The highest BCUT2D eigenvalue weighted by Gasteiger charge is 2.13. The molecule has 0 saturated carbocycles. The average molecular weight is 296 g/mol. The Bertz CT molecular complexity index is 398. The molecule has 21 heavy (non-hydrogen) atoms. The largest absolute Gasteiger partial charge is 0.494 e. The normalized spacial score (nSPS) is 12.4. The van der Waals surface area contributed by atoms with Crippen LogP contribution in [0.4, 0.5) is 4.39 Å². The molecule has 0 aliphatic carbocycles. The predicted molar refractivity (Wildman–Crippen MR) is 85.8 cm³/mol. The molecule has 0 radical (unpaired) electrons. The molecule has 3 nitrogen and oxygen atoms in total. The molecule has 0 saturated heterocycles. The van der Waals surface area contributed by atoms with E-state index < -0.39 is 0 Å². The van der Waals surface area contributed by atoms with Crippen molar-refractivity contribution in [2.75, 3.05) is 7.11 Å². The summed E-state index contributed by atoms with van der Waals surface area (Å²) in [6.45, 7) is 2.22. The second-order valence-electron chi connectivity index (χ2n) is 5.56. The lowest BCUT2D eigenvalue weighted by Gasteiger charge is -2.17. The molecule has 1 aromatic carbocycles. The number of benzene rings is 1. The number of hydrogen-bond donors (Lipinski definition) is 2. The number of nitrogens with one attached hydrogen (secondary N) is 1. The van der Waals surface area contributed by atoms with E-state index in [9.17, 15) is 4.39 Å². The van der Waals surface area contributed by atoms with Crippen LogP contribution < -0.4 is 16.0 Å². The molecule has 1 atom stereocenters. The zero-order valence-corrected chi connectivity index (χ0v) is 13.3. The average Bonchev–Trinajstić information content (AvgIpc) is 2.51. The molecule has 1 rings (SSSR count). The van der Waals surface area contributed by atoms with Crippen molar-refractivity contribution in [2.45, 2.75) is 64.3 Å². The fourth-order valence-electron chi connectivity index (χ4n) is 2.55. The fourth-order valence-corrected chi connectivity index (χ4v) is 2.55. The van der Waals surface area contributed by atoms with Crippen LogP contribution >= 0.6 is 0 Å². The zero-order valence-electron chi connectivity index (χ0n) is 13.3. The lowest BCUT2D eigenvalue weighted by atomic mass is 9.99. The first-order valence-corrected chi connectivity index (χ1v) is 8.00. The van der Waals surface area contributed by atoms with Crippen molar-refractivity contribution < 1.29 is 9.13 Å². The van der Waals surface area contributed by atoms with Crippen LogP contribution in [0.1, 0.15) is 57.4 Å². The van der Waals surface area contributed by atoms with Crippen LogP contribution in [0.3, 0.4) is 0 Å². The van der Waals surface area contributed by atoms with Gasteiger partial charge in [0.1, 0.15) is 0 Å². The number of ether oxygens (including phenoxy) is 1. The smallest absolute Gasteiger partial charge is 0.168 e. The van der Waals surface area contributed by atoms with Gasteiger partial charge in [0, 0.05) is 6.04 Å².